The van der Waals surface area contributed by atoms with Crippen LogP contribution in [0, 0.1) is 5.92 Å². The van der Waals surface area contributed by atoms with Gasteiger partial charge in [-0.3, -0.25) is 0 Å². The maximum absolute atomic E-state index is 6.00. The summed E-state index contributed by atoms with van der Waals surface area (Å²) >= 11 is 2.15. The smallest absolute Gasteiger partial charge is 0.0600 e. The van der Waals surface area contributed by atoms with Crippen LogP contribution in [0.1, 0.15) is 79.7 Å². The van der Waals surface area contributed by atoms with Gasteiger partial charge < -0.3 is 4.74 Å². The molecule has 2 rings (SSSR count). The topological polar surface area (TPSA) is 9.23 Å². The summed E-state index contributed by atoms with van der Waals surface area (Å²) in [5, 5.41) is 0. The molecule has 1 saturated carbocycles. The van der Waals surface area contributed by atoms with E-state index in [0.29, 0.717) is 6.10 Å². The fraction of sp³-hybridized carbons (Fsp3) is 0.727. The minimum Gasteiger partial charge on any atom is -0.378 e. The van der Waals surface area contributed by atoms with Crippen LogP contribution in [0.3, 0.4) is 0 Å². The number of hydrogen-bond acceptors (Lipinski definition) is 1. The summed E-state index contributed by atoms with van der Waals surface area (Å²) in [7, 11) is 0. The van der Waals surface area contributed by atoms with Gasteiger partial charge in [0.1, 0.15) is 0 Å². The van der Waals surface area contributed by atoms with Gasteiger partial charge in [-0.25, -0.2) is 0 Å². The Morgan fingerprint density at radius 2 is 1.38 bits per heavy atom. The van der Waals surface area contributed by atoms with Crippen molar-refractivity contribution in [1.29, 1.82) is 0 Å². The highest BCUT2D eigenvalue weighted by Gasteiger charge is 2.21. The van der Waals surface area contributed by atoms with Crippen LogP contribution in [-0.2, 0) is 11.2 Å². The molecule has 0 amide bonds. The van der Waals surface area contributed by atoms with Gasteiger partial charge >= 0.3 is 0 Å². The third-order valence-electron chi connectivity index (χ3n) is 3.60. The number of benzene rings is 1. The molecular formula is C22H43IO. The first-order chi connectivity index (χ1) is 11.9. The molecule has 2 atom stereocenters. The molecule has 1 nitrogen and oxygen atoms in total. The maximum Gasteiger partial charge on any atom is 0.0600 e. The van der Waals surface area contributed by atoms with Crippen molar-refractivity contribution in [2.75, 3.05) is 11.5 Å². The van der Waals surface area contributed by atoms with E-state index in [1.807, 2.05) is 46.5 Å². The van der Waals surface area contributed by atoms with Crippen LogP contribution in [0.5, 0.6) is 0 Å². The lowest BCUT2D eigenvalue weighted by molar-refractivity contribution is -0.00333. The molecule has 0 spiro atoms. The van der Waals surface area contributed by atoms with Crippen LogP contribution in [0.4, 0.5) is 0 Å². The van der Waals surface area contributed by atoms with Gasteiger partial charge in [-0.1, -0.05) is 114 Å². The van der Waals surface area contributed by atoms with E-state index in [-0.39, 0.29) is 0 Å². The van der Waals surface area contributed by atoms with Gasteiger partial charge in [-0.15, -0.1) is 0 Å². The van der Waals surface area contributed by atoms with E-state index in [4.69, 9.17) is 4.74 Å². The molecule has 1 aromatic carbocycles. The number of alkyl halides is 1. The molecule has 1 aliphatic carbocycles. The van der Waals surface area contributed by atoms with Crippen molar-refractivity contribution in [3.8, 4) is 0 Å². The average Bonchev–Trinajstić information content (AvgIpc) is 2.70. The molecule has 0 radical (unpaired) electrons. The van der Waals surface area contributed by atoms with Crippen molar-refractivity contribution in [3.05, 3.63) is 35.9 Å². The molecule has 0 aromatic heterocycles. The third-order valence-corrected chi connectivity index (χ3v) is 3.60. The maximum atomic E-state index is 6.00. The molecule has 0 N–H and O–H groups in total. The third kappa shape index (κ3) is 15.4. The lowest BCUT2D eigenvalue weighted by Gasteiger charge is -2.28. The van der Waals surface area contributed by atoms with Gasteiger partial charge in [0.05, 0.1) is 12.7 Å². The van der Waals surface area contributed by atoms with Gasteiger partial charge in [-0.2, -0.15) is 0 Å². The molecule has 24 heavy (non-hydrogen) atoms. The molecule has 0 saturated heterocycles. The van der Waals surface area contributed by atoms with Crippen LogP contribution in [0.15, 0.2) is 30.3 Å². The molecule has 0 unspecified atom stereocenters. The van der Waals surface area contributed by atoms with Gasteiger partial charge in [0, 0.05) is 0 Å². The van der Waals surface area contributed by atoms with Gasteiger partial charge in [0.25, 0.3) is 0 Å². The number of rotatable bonds is 4. The number of hydrogen-bond donors (Lipinski definition) is 0. The Hall–Kier alpha value is -0.0900. The van der Waals surface area contributed by atoms with E-state index >= 15 is 0 Å². The van der Waals surface area contributed by atoms with Crippen molar-refractivity contribution >= 4 is 22.6 Å². The first-order valence-corrected chi connectivity index (χ1v) is 12.1. The van der Waals surface area contributed by atoms with Crippen molar-refractivity contribution < 1.29 is 4.74 Å². The first kappa shape index (κ1) is 28.7. The molecule has 0 aliphatic heterocycles. The average molecular weight is 450 g/mol. The molecule has 0 heterocycles. The van der Waals surface area contributed by atoms with E-state index in [1.54, 1.807) is 0 Å². The Morgan fingerprint density at radius 1 is 0.875 bits per heavy atom. The summed E-state index contributed by atoms with van der Waals surface area (Å²) in [6.45, 7) is 15.2. The summed E-state index contributed by atoms with van der Waals surface area (Å²) in [6, 6.07) is 10.6. The van der Waals surface area contributed by atoms with Crippen molar-refractivity contribution in [3.63, 3.8) is 0 Å². The summed E-state index contributed by atoms with van der Waals surface area (Å²) in [5.41, 5.74) is 1.38. The molecule has 2 heteroatoms. The van der Waals surface area contributed by atoms with Crippen molar-refractivity contribution in [1.82, 2.24) is 0 Å². The second-order valence-corrected chi connectivity index (χ2v) is 4.91. The molecule has 1 aromatic rings. The normalized spacial score (nSPS) is 18.0. The summed E-state index contributed by atoms with van der Waals surface area (Å²) < 4.78 is 6.00. The minimum atomic E-state index is 0.512. The van der Waals surface area contributed by atoms with Crippen molar-refractivity contribution in [2.45, 2.75) is 86.7 Å². The van der Waals surface area contributed by atoms with E-state index in [1.165, 1.54) is 31.2 Å². The second-order valence-electron chi connectivity index (χ2n) is 4.91. The number of ether oxygens (including phenoxy) is 1. The zero-order valence-electron chi connectivity index (χ0n) is 17.6. The largest absolute Gasteiger partial charge is 0.378 e. The van der Waals surface area contributed by atoms with Crippen LogP contribution in [0.2, 0.25) is 0 Å². The van der Waals surface area contributed by atoms with Crippen LogP contribution >= 0.6 is 22.6 Å². The van der Waals surface area contributed by atoms with Gasteiger partial charge in [0.2, 0.25) is 0 Å². The highest BCUT2D eigenvalue weighted by Crippen LogP contribution is 2.26. The number of halogens is 1. The predicted molar refractivity (Wildman–Crippen MR) is 122 cm³/mol. The quantitative estimate of drug-likeness (QED) is 0.334. The molecule has 1 fully saturated rings. The Bertz CT molecular complexity index is 300. The minimum absolute atomic E-state index is 0.512. The SMILES string of the molecule is CC.CC.CC.CI.C[C@@H]1CCCC[C@@H]1OCCc1ccccc1. The van der Waals surface area contributed by atoms with Crippen LogP contribution in [0.25, 0.3) is 0 Å². The Balaban J connectivity index is -0.000000484. The summed E-state index contributed by atoms with van der Waals surface area (Å²) in [5.74, 6) is 0.754. The second kappa shape index (κ2) is 25.2. The van der Waals surface area contributed by atoms with Gasteiger partial charge in [-0.05, 0) is 35.7 Å². The Labute approximate surface area is 167 Å². The van der Waals surface area contributed by atoms with Gasteiger partial charge in [0.15, 0.2) is 0 Å². The lowest BCUT2D eigenvalue weighted by atomic mass is 9.88. The first-order valence-electron chi connectivity index (χ1n) is 9.89. The monoisotopic (exact) mass is 450 g/mol. The predicted octanol–water partition coefficient (Wildman–Crippen LogP) is 7.95. The zero-order valence-corrected chi connectivity index (χ0v) is 19.7. The highest BCUT2D eigenvalue weighted by atomic mass is 127. The fourth-order valence-corrected chi connectivity index (χ4v) is 2.50. The van der Waals surface area contributed by atoms with E-state index in [0.717, 1.165) is 18.9 Å². The standard InChI is InChI=1S/C15H22O.3C2H6.CH3I/c1-13-7-5-6-10-15(13)16-12-11-14-8-3-2-4-9-14;4*1-2/h2-4,8-9,13,15H,5-7,10-12H2,1H3;3*1-2H3;1H3/t13-,15+;;;;/m1..../s1. The van der Waals surface area contributed by atoms with Crippen molar-refractivity contribution in [2.24, 2.45) is 5.92 Å². The molecule has 0 bridgehead atoms. The molecule has 1 aliphatic rings. The fourth-order valence-electron chi connectivity index (χ4n) is 2.50. The van der Waals surface area contributed by atoms with E-state index in [9.17, 15) is 0 Å². The van der Waals surface area contributed by atoms with E-state index in [2.05, 4.69) is 59.8 Å². The van der Waals surface area contributed by atoms with Crippen LogP contribution < -0.4 is 0 Å². The highest BCUT2D eigenvalue weighted by molar-refractivity contribution is 14.1. The molecular weight excluding hydrogens is 407 g/mol. The zero-order chi connectivity index (χ0) is 19.2. The lowest BCUT2D eigenvalue weighted by Crippen LogP contribution is -2.26. The van der Waals surface area contributed by atoms with E-state index < -0.39 is 0 Å². The Kier molecular flexibility index (Phi) is 30.1. The summed E-state index contributed by atoms with van der Waals surface area (Å²) in [4.78, 5) is 1.97. The Morgan fingerprint density at radius 3 is 1.88 bits per heavy atom. The summed E-state index contributed by atoms with van der Waals surface area (Å²) in [6.07, 6.45) is 6.90. The van der Waals surface area contributed by atoms with Crippen LogP contribution in [-0.4, -0.2) is 17.6 Å². The molecule has 144 valence electrons.